The van der Waals surface area contributed by atoms with E-state index in [1.807, 2.05) is 22.7 Å². The number of hydrogen-bond acceptors (Lipinski definition) is 2. The predicted molar refractivity (Wildman–Crippen MR) is 297 cm³/mol. The normalized spacial score (nSPS) is 12.7. The molecule has 0 fully saturated rings. The second-order valence-electron chi connectivity index (χ2n) is 19.0. The first kappa shape index (κ1) is 36.0. The molecule has 0 nitrogen and oxygen atoms in total. The molecule has 0 amide bonds. The molecule has 2 heterocycles. The Labute approximate surface area is 398 Å². The highest BCUT2D eigenvalue weighted by Gasteiger charge is 2.28. The minimum absolute atomic E-state index is 1.28. The Morgan fingerprint density at radius 3 is 1.15 bits per heavy atom. The summed E-state index contributed by atoms with van der Waals surface area (Å²) in [5.41, 5.74) is 15.7. The standard InChI is InChI=1S/C66H34S2/c1-2-15-37-36(12-1)28-60-59-34-54-52(47-25-11-23-45-39-17-4-6-27-62(39)68-66(45)47)33-57-55-30-49-42-19-8-14-35-13-7-18-41(63(35)42)48(49)29-53(55)51(46-24-10-22-44-38-16-3-5-26-61(38)67-65(44)46)32-58(57)56(54)31-50(59)43-21-9-20-40(37)64(43)60/h1-34H. The summed E-state index contributed by atoms with van der Waals surface area (Å²) < 4.78 is 5.33. The summed E-state index contributed by atoms with van der Waals surface area (Å²) in [5.74, 6) is 0. The SMILES string of the molecule is c1cc2c3c(cccc3c1)-c1cc3c(cc1-2)c(-c1cccc2c1sc1ccccc12)cc1c2cc4c(cc2c(-c2cccc5c2sc2ccccc25)cc31)-c1cc2ccccc2c2cccc-4c12. The summed E-state index contributed by atoms with van der Waals surface area (Å²) in [6, 6.07) is 79.1. The Kier molecular flexibility index (Phi) is 6.81. The smallest absolute Gasteiger partial charge is 0.0434 e. The molecule has 0 spiro atoms. The van der Waals surface area contributed by atoms with Gasteiger partial charge in [-0.3, -0.25) is 0 Å². The lowest BCUT2D eigenvalue weighted by Gasteiger charge is -2.19. The van der Waals surface area contributed by atoms with E-state index in [2.05, 4.69) is 206 Å². The molecule has 2 aliphatic carbocycles. The largest absolute Gasteiger partial charge is 0.135 e. The van der Waals surface area contributed by atoms with Crippen LogP contribution in [0.25, 0.3) is 172 Å². The van der Waals surface area contributed by atoms with Crippen molar-refractivity contribution in [1.29, 1.82) is 0 Å². The van der Waals surface area contributed by atoms with Crippen molar-refractivity contribution in [1.82, 2.24) is 0 Å². The first-order valence-electron chi connectivity index (χ1n) is 23.6. The van der Waals surface area contributed by atoms with Crippen molar-refractivity contribution in [2.24, 2.45) is 0 Å². The summed E-state index contributed by atoms with van der Waals surface area (Å²) in [6.45, 7) is 0. The highest BCUT2D eigenvalue weighted by molar-refractivity contribution is 7.26. The zero-order valence-electron chi connectivity index (χ0n) is 36.4. The highest BCUT2D eigenvalue weighted by Crippen LogP contribution is 2.56. The zero-order chi connectivity index (χ0) is 43.9. The van der Waals surface area contributed by atoms with Crippen molar-refractivity contribution in [3.05, 3.63) is 206 Å². The molecule has 0 saturated heterocycles. The number of hydrogen-bond donors (Lipinski definition) is 0. The Morgan fingerprint density at radius 2 is 0.574 bits per heavy atom. The minimum Gasteiger partial charge on any atom is -0.135 e. The molecule has 310 valence electrons. The van der Waals surface area contributed by atoms with E-state index in [9.17, 15) is 0 Å². The van der Waals surface area contributed by atoms with Crippen molar-refractivity contribution in [2.45, 2.75) is 0 Å². The van der Waals surface area contributed by atoms with E-state index in [4.69, 9.17) is 0 Å². The van der Waals surface area contributed by atoms with Crippen LogP contribution in [0.4, 0.5) is 0 Å². The van der Waals surface area contributed by atoms with Crippen LogP contribution in [0.15, 0.2) is 206 Å². The molecule has 68 heavy (non-hydrogen) atoms. The summed E-state index contributed by atoms with van der Waals surface area (Å²) in [6.07, 6.45) is 0. The van der Waals surface area contributed by atoms with E-state index in [0.29, 0.717) is 0 Å². The third kappa shape index (κ3) is 4.55. The average Bonchev–Trinajstić information content (AvgIpc) is 4.14. The zero-order valence-corrected chi connectivity index (χ0v) is 38.1. The van der Waals surface area contributed by atoms with Gasteiger partial charge in [-0.25, -0.2) is 0 Å². The van der Waals surface area contributed by atoms with Crippen molar-refractivity contribution >= 4 is 128 Å². The van der Waals surface area contributed by atoms with Gasteiger partial charge in [0.1, 0.15) is 0 Å². The van der Waals surface area contributed by atoms with Crippen LogP contribution in [-0.4, -0.2) is 0 Å². The van der Waals surface area contributed by atoms with Crippen LogP contribution in [0.2, 0.25) is 0 Å². The quantitative estimate of drug-likeness (QED) is 0.152. The molecule has 0 N–H and O–H groups in total. The fourth-order valence-corrected chi connectivity index (χ4v) is 15.2. The van der Waals surface area contributed by atoms with E-state index >= 15 is 0 Å². The number of benzene rings is 13. The Morgan fingerprint density at radius 1 is 0.191 bits per heavy atom. The van der Waals surface area contributed by atoms with Gasteiger partial charge in [-0.2, -0.15) is 0 Å². The van der Waals surface area contributed by atoms with E-state index in [1.54, 1.807) is 0 Å². The van der Waals surface area contributed by atoms with Gasteiger partial charge >= 0.3 is 0 Å². The summed E-state index contributed by atoms with van der Waals surface area (Å²) >= 11 is 3.85. The van der Waals surface area contributed by atoms with Crippen molar-refractivity contribution < 1.29 is 0 Å². The molecule has 2 aliphatic rings. The molecule has 0 bridgehead atoms. The van der Waals surface area contributed by atoms with Crippen LogP contribution >= 0.6 is 22.7 Å². The molecule has 0 atom stereocenters. The first-order chi connectivity index (χ1) is 33.7. The highest BCUT2D eigenvalue weighted by atomic mass is 32.1. The molecule has 2 heteroatoms. The fourth-order valence-electron chi connectivity index (χ4n) is 12.8. The predicted octanol–water partition coefficient (Wildman–Crippen LogP) is 20.0. The summed E-state index contributed by atoms with van der Waals surface area (Å²) in [5, 5.41) is 21.0. The van der Waals surface area contributed by atoms with Gasteiger partial charge in [0.05, 0.1) is 0 Å². The fraction of sp³-hybridized carbons (Fsp3) is 0. The van der Waals surface area contributed by atoms with E-state index in [-0.39, 0.29) is 0 Å². The van der Waals surface area contributed by atoms with Crippen LogP contribution in [0, 0.1) is 0 Å². The maximum Gasteiger partial charge on any atom is 0.0434 e. The van der Waals surface area contributed by atoms with Gasteiger partial charge in [0, 0.05) is 51.5 Å². The Bertz CT molecular complexity index is 4840. The van der Waals surface area contributed by atoms with Gasteiger partial charge in [-0.1, -0.05) is 152 Å². The van der Waals surface area contributed by atoms with Crippen molar-refractivity contribution in [3.8, 4) is 66.8 Å². The van der Waals surface area contributed by atoms with E-state index in [1.165, 1.54) is 172 Å². The second-order valence-corrected chi connectivity index (χ2v) is 21.1. The van der Waals surface area contributed by atoms with Crippen molar-refractivity contribution in [3.63, 3.8) is 0 Å². The second kappa shape index (κ2) is 12.8. The van der Waals surface area contributed by atoms with E-state index in [0.717, 1.165) is 0 Å². The number of fused-ring (bicyclic) bond motifs is 19. The molecule has 0 saturated carbocycles. The maximum absolute atomic E-state index is 2.57. The molecule has 15 aromatic rings. The van der Waals surface area contributed by atoms with Gasteiger partial charge in [0.2, 0.25) is 0 Å². The third-order valence-corrected chi connectivity index (χ3v) is 18.1. The van der Waals surface area contributed by atoms with Gasteiger partial charge in [0.15, 0.2) is 0 Å². The maximum atomic E-state index is 2.57. The monoisotopic (exact) mass is 890 g/mol. The van der Waals surface area contributed by atoms with E-state index < -0.39 is 0 Å². The topological polar surface area (TPSA) is 0 Å². The molecule has 13 aromatic carbocycles. The van der Waals surface area contributed by atoms with Crippen LogP contribution in [0.1, 0.15) is 0 Å². The average molecular weight is 891 g/mol. The number of rotatable bonds is 2. The first-order valence-corrected chi connectivity index (χ1v) is 25.2. The van der Waals surface area contributed by atoms with Crippen LogP contribution in [0.5, 0.6) is 0 Å². The van der Waals surface area contributed by atoms with Crippen LogP contribution in [0.3, 0.4) is 0 Å². The lowest BCUT2D eigenvalue weighted by atomic mass is 9.84. The van der Waals surface area contributed by atoms with Crippen LogP contribution in [-0.2, 0) is 0 Å². The lowest BCUT2D eigenvalue weighted by Crippen LogP contribution is -1.92. The lowest BCUT2D eigenvalue weighted by molar-refractivity contribution is 1.71. The minimum atomic E-state index is 1.28. The third-order valence-electron chi connectivity index (χ3n) is 15.7. The van der Waals surface area contributed by atoms with Crippen LogP contribution < -0.4 is 0 Å². The molecule has 17 rings (SSSR count). The molecular formula is C66H34S2. The van der Waals surface area contributed by atoms with Gasteiger partial charge in [-0.15, -0.1) is 22.7 Å². The molecule has 0 aliphatic heterocycles. The van der Waals surface area contributed by atoms with Gasteiger partial charge in [-0.05, 0) is 175 Å². The summed E-state index contributed by atoms with van der Waals surface area (Å²) in [7, 11) is 0. The van der Waals surface area contributed by atoms with Gasteiger partial charge < -0.3 is 0 Å². The Hall–Kier alpha value is -8.14. The number of thiophene rings is 2. The molecule has 0 unspecified atom stereocenters. The Balaban J connectivity index is 1.07. The van der Waals surface area contributed by atoms with Gasteiger partial charge in [0.25, 0.3) is 0 Å². The molecular weight excluding hydrogens is 857 g/mol. The summed E-state index contributed by atoms with van der Waals surface area (Å²) in [4.78, 5) is 0. The molecule has 0 radical (unpaired) electrons. The van der Waals surface area contributed by atoms with Crippen molar-refractivity contribution in [2.75, 3.05) is 0 Å². The molecule has 2 aromatic heterocycles.